The average Bonchev–Trinajstić information content (AvgIpc) is 2.78. The largest absolute Gasteiger partial charge is 0.497 e. The molecule has 0 fully saturated rings. The average molecular weight is 445 g/mol. The molecule has 0 saturated carbocycles. The van der Waals surface area contributed by atoms with E-state index in [4.69, 9.17) is 16.3 Å². The second kappa shape index (κ2) is 9.41. The number of aromatic nitrogens is 1. The van der Waals surface area contributed by atoms with Gasteiger partial charge in [0.15, 0.2) is 0 Å². The summed E-state index contributed by atoms with van der Waals surface area (Å²) in [6, 6.07) is 23.5. The van der Waals surface area contributed by atoms with Crippen LogP contribution < -0.4 is 4.74 Å². The van der Waals surface area contributed by atoms with E-state index >= 15 is 0 Å². The van der Waals surface area contributed by atoms with Crippen LogP contribution in [0.3, 0.4) is 0 Å². The molecule has 0 atom stereocenters. The molecule has 3 aromatic carbocycles. The van der Waals surface area contributed by atoms with Gasteiger partial charge in [-0.1, -0.05) is 59.1 Å². The van der Waals surface area contributed by atoms with Gasteiger partial charge in [0.25, 0.3) is 5.91 Å². The molecule has 4 aromatic rings. The van der Waals surface area contributed by atoms with Gasteiger partial charge in [0.2, 0.25) is 0 Å². The fourth-order valence-electron chi connectivity index (χ4n) is 3.81. The van der Waals surface area contributed by atoms with Crippen molar-refractivity contribution in [2.75, 3.05) is 7.11 Å². The third kappa shape index (κ3) is 4.92. The topological polar surface area (TPSA) is 42.4 Å². The second-order valence-corrected chi connectivity index (χ2v) is 8.37. The van der Waals surface area contributed by atoms with Crippen LogP contribution in [-0.2, 0) is 13.1 Å². The zero-order valence-corrected chi connectivity index (χ0v) is 19.2. The molecule has 0 N–H and O–H groups in total. The molecule has 0 aliphatic heterocycles. The molecule has 162 valence electrons. The van der Waals surface area contributed by atoms with Crippen molar-refractivity contribution in [2.24, 2.45) is 0 Å². The molecular weight excluding hydrogens is 420 g/mol. The molecule has 0 spiro atoms. The van der Waals surface area contributed by atoms with Gasteiger partial charge in [-0.15, -0.1) is 0 Å². The molecule has 0 unspecified atom stereocenters. The number of pyridine rings is 1. The van der Waals surface area contributed by atoms with E-state index in [0.717, 1.165) is 38.9 Å². The number of carbonyl (C=O) groups excluding carboxylic acids is 1. The molecular formula is C27H25ClN2O2. The highest BCUT2D eigenvalue weighted by molar-refractivity contribution is 6.30. The number of rotatable bonds is 6. The first-order valence-corrected chi connectivity index (χ1v) is 10.9. The summed E-state index contributed by atoms with van der Waals surface area (Å²) in [7, 11) is 1.63. The molecule has 4 rings (SSSR count). The summed E-state index contributed by atoms with van der Waals surface area (Å²) >= 11 is 6.54. The maximum atomic E-state index is 13.5. The highest BCUT2D eigenvalue weighted by Crippen LogP contribution is 2.26. The highest BCUT2D eigenvalue weighted by Gasteiger charge is 2.19. The van der Waals surface area contributed by atoms with E-state index < -0.39 is 0 Å². The van der Waals surface area contributed by atoms with Crippen LogP contribution in [0.5, 0.6) is 5.75 Å². The molecule has 5 heteroatoms. The first kappa shape index (κ1) is 21.8. The number of halogens is 1. The van der Waals surface area contributed by atoms with Gasteiger partial charge in [-0.25, -0.2) is 4.98 Å². The Bertz CT molecular complexity index is 1290. The van der Waals surface area contributed by atoms with Gasteiger partial charge >= 0.3 is 0 Å². The number of hydrogen-bond donors (Lipinski definition) is 0. The Morgan fingerprint density at radius 3 is 2.41 bits per heavy atom. The molecule has 0 aliphatic carbocycles. The van der Waals surface area contributed by atoms with Crippen molar-refractivity contribution in [3.63, 3.8) is 0 Å². The second-order valence-electron chi connectivity index (χ2n) is 8.02. The zero-order valence-electron chi connectivity index (χ0n) is 18.4. The maximum absolute atomic E-state index is 13.5. The van der Waals surface area contributed by atoms with Crippen molar-refractivity contribution >= 4 is 28.4 Å². The summed E-state index contributed by atoms with van der Waals surface area (Å²) in [4.78, 5) is 19.9. The fraction of sp³-hybridized carbons (Fsp3) is 0.185. The first-order chi connectivity index (χ1) is 15.4. The lowest BCUT2D eigenvalue weighted by molar-refractivity contribution is 0.0730. The lowest BCUT2D eigenvalue weighted by Crippen LogP contribution is -2.30. The molecule has 4 nitrogen and oxygen atoms in total. The van der Waals surface area contributed by atoms with Gasteiger partial charge in [0, 0.05) is 29.6 Å². The predicted molar refractivity (Wildman–Crippen MR) is 129 cm³/mol. The summed E-state index contributed by atoms with van der Waals surface area (Å²) in [6.45, 7) is 4.85. The van der Waals surface area contributed by atoms with E-state index in [2.05, 4.69) is 11.1 Å². The Morgan fingerprint density at radius 1 is 0.938 bits per heavy atom. The van der Waals surface area contributed by atoms with E-state index in [1.54, 1.807) is 7.11 Å². The van der Waals surface area contributed by atoms with E-state index in [-0.39, 0.29) is 5.91 Å². The Hall–Kier alpha value is -3.37. The SMILES string of the molecule is COc1ccc2nc(Cl)c(CN(Cc3cccc(C)c3)C(=O)c3cccc(C)c3)cc2c1. The van der Waals surface area contributed by atoms with E-state index in [1.807, 2.05) is 85.5 Å². The van der Waals surface area contributed by atoms with Crippen molar-refractivity contribution in [2.45, 2.75) is 26.9 Å². The Balaban J connectivity index is 1.72. The third-order valence-corrected chi connectivity index (χ3v) is 5.74. The van der Waals surface area contributed by atoms with Gasteiger partial charge in [-0.05, 0) is 55.8 Å². The normalized spacial score (nSPS) is 10.9. The number of hydrogen-bond acceptors (Lipinski definition) is 3. The number of fused-ring (bicyclic) bond motifs is 1. The molecule has 0 bridgehead atoms. The minimum absolute atomic E-state index is 0.0444. The molecule has 0 saturated heterocycles. The maximum Gasteiger partial charge on any atom is 0.254 e. The van der Waals surface area contributed by atoms with Gasteiger partial charge in [0.05, 0.1) is 12.6 Å². The molecule has 1 aromatic heterocycles. The highest BCUT2D eigenvalue weighted by atomic mass is 35.5. The molecule has 0 aliphatic rings. The van der Waals surface area contributed by atoms with Crippen molar-refractivity contribution in [1.29, 1.82) is 0 Å². The van der Waals surface area contributed by atoms with Crippen molar-refractivity contribution in [3.05, 3.63) is 106 Å². The minimum Gasteiger partial charge on any atom is -0.497 e. The predicted octanol–water partition coefficient (Wildman–Crippen LogP) is 6.36. The number of aryl methyl sites for hydroxylation is 2. The quantitative estimate of drug-likeness (QED) is 0.325. The summed E-state index contributed by atoms with van der Waals surface area (Å²) in [5.74, 6) is 0.706. The Labute approximate surface area is 193 Å². The minimum atomic E-state index is -0.0444. The van der Waals surface area contributed by atoms with Crippen LogP contribution in [-0.4, -0.2) is 22.9 Å². The zero-order chi connectivity index (χ0) is 22.7. The fourth-order valence-corrected chi connectivity index (χ4v) is 4.01. The molecule has 1 amide bonds. The molecule has 1 heterocycles. The summed E-state index contributed by atoms with van der Waals surface area (Å²) in [5.41, 5.74) is 5.50. The number of carbonyl (C=O) groups is 1. The van der Waals surface area contributed by atoms with Crippen LogP contribution in [0.25, 0.3) is 10.9 Å². The standard InChI is InChI=1S/C27H25ClN2O2/c1-18-6-4-8-20(12-18)16-30(27(31)21-9-5-7-19(2)13-21)17-23-14-22-15-24(32-3)10-11-25(22)29-26(23)28/h4-15H,16-17H2,1-3H3. The third-order valence-electron chi connectivity index (χ3n) is 5.42. The van der Waals surface area contributed by atoms with E-state index in [1.165, 1.54) is 0 Å². The number of nitrogens with zero attached hydrogens (tertiary/aromatic N) is 2. The van der Waals surface area contributed by atoms with Crippen LogP contribution in [0.2, 0.25) is 5.15 Å². The van der Waals surface area contributed by atoms with Gasteiger partial charge in [-0.3, -0.25) is 4.79 Å². The lowest BCUT2D eigenvalue weighted by atomic mass is 10.1. The Kier molecular flexibility index (Phi) is 6.42. The van der Waals surface area contributed by atoms with E-state index in [9.17, 15) is 4.79 Å². The van der Waals surface area contributed by atoms with Gasteiger partial charge in [0.1, 0.15) is 10.9 Å². The number of benzene rings is 3. The van der Waals surface area contributed by atoms with Crippen LogP contribution in [0, 0.1) is 13.8 Å². The smallest absolute Gasteiger partial charge is 0.254 e. The van der Waals surface area contributed by atoms with Crippen molar-refractivity contribution in [1.82, 2.24) is 9.88 Å². The monoisotopic (exact) mass is 444 g/mol. The van der Waals surface area contributed by atoms with E-state index in [0.29, 0.717) is 23.8 Å². The number of methoxy groups -OCH3 is 1. The van der Waals surface area contributed by atoms with Crippen LogP contribution in [0.1, 0.15) is 32.6 Å². The summed E-state index contributed by atoms with van der Waals surface area (Å²) < 4.78 is 5.35. The van der Waals surface area contributed by atoms with Gasteiger partial charge in [-0.2, -0.15) is 0 Å². The number of ether oxygens (including phenoxy) is 1. The lowest BCUT2D eigenvalue weighted by Gasteiger charge is -2.24. The van der Waals surface area contributed by atoms with Crippen LogP contribution >= 0.6 is 11.6 Å². The van der Waals surface area contributed by atoms with Crippen molar-refractivity contribution < 1.29 is 9.53 Å². The summed E-state index contributed by atoms with van der Waals surface area (Å²) in [6.07, 6.45) is 0. The van der Waals surface area contributed by atoms with Crippen molar-refractivity contribution in [3.8, 4) is 5.75 Å². The molecule has 0 radical (unpaired) electrons. The van der Waals surface area contributed by atoms with Crippen LogP contribution in [0.4, 0.5) is 0 Å². The first-order valence-electron chi connectivity index (χ1n) is 10.5. The number of amides is 1. The van der Waals surface area contributed by atoms with Crippen LogP contribution in [0.15, 0.2) is 72.8 Å². The summed E-state index contributed by atoms with van der Waals surface area (Å²) in [5, 5.41) is 1.32. The van der Waals surface area contributed by atoms with Gasteiger partial charge < -0.3 is 9.64 Å². The molecule has 32 heavy (non-hydrogen) atoms. The Morgan fingerprint density at radius 2 is 1.69 bits per heavy atom.